The predicted octanol–water partition coefficient (Wildman–Crippen LogP) is 4.57. The van der Waals surface area contributed by atoms with Crippen LogP contribution in [0.1, 0.15) is 73.0 Å². The molecule has 1 aromatic carbocycles. The van der Waals surface area contributed by atoms with E-state index in [0.29, 0.717) is 27.9 Å². The Morgan fingerprint density at radius 3 is 2.27 bits per heavy atom. The number of ether oxygens (including phenoxy) is 2. The average Bonchev–Trinajstić information content (AvgIpc) is 3.16. The molecule has 0 unspecified atom stereocenters. The van der Waals surface area contributed by atoms with Crippen LogP contribution < -0.4 is 4.74 Å². The van der Waals surface area contributed by atoms with Crippen LogP contribution in [0.25, 0.3) is 11.0 Å². The van der Waals surface area contributed by atoms with Gasteiger partial charge in [0.2, 0.25) is 5.78 Å². The number of pyridine rings is 1. The molecular weight excluding hydrogens is 382 g/mol. The largest absolute Gasteiger partial charge is 0.497 e. The van der Waals surface area contributed by atoms with Gasteiger partial charge in [-0.05, 0) is 57.0 Å². The molecule has 0 aliphatic carbocycles. The second-order valence-corrected chi connectivity index (χ2v) is 7.81. The Morgan fingerprint density at radius 1 is 1.03 bits per heavy atom. The normalized spacial score (nSPS) is 12.4. The Balaban J connectivity index is 1.90. The van der Waals surface area contributed by atoms with E-state index in [9.17, 15) is 9.59 Å². The molecule has 0 spiro atoms. The van der Waals surface area contributed by atoms with Crippen LogP contribution in [0.4, 0.5) is 0 Å². The highest BCUT2D eigenvalue weighted by Crippen LogP contribution is 2.25. The van der Waals surface area contributed by atoms with E-state index in [1.165, 1.54) is 0 Å². The number of aromatic nitrogens is 3. The first kappa shape index (κ1) is 21.5. The van der Waals surface area contributed by atoms with Crippen molar-refractivity contribution in [2.45, 2.75) is 52.7 Å². The smallest absolute Gasteiger partial charge is 0.339 e. The van der Waals surface area contributed by atoms with Crippen molar-refractivity contribution in [2.75, 3.05) is 7.11 Å². The topological polar surface area (TPSA) is 83.3 Å². The van der Waals surface area contributed by atoms with Gasteiger partial charge >= 0.3 is 5.97 Å². The molecule has 0 amide bonds. The Hall–Kier alpha value is -3.22. The fourth-order valence-corrected chi connectivity index (χ4v) is 3.15. The van der Waals surface area contributed by atoms with Crippen LogP contribution in [0.15, 0.2) is 36.5 Å². The van der Waals surface area contributed by atoms with Crippen molar-refractivity contribution >= 4 is 22.8 Å². The minimum Gasteiger partial charge on any atom is -0.497 e. The van der Waals surface area contributed by atoms with Gasteiger partial charge in [0.25, 0.3) is 0 Å². The van der Waals surface area contributed by atoms with Crippen molar-refractivity contribution in [1.29, 1.82) is 0 Å². The first-order valence-electron chi connectivity index (χ1n) is 10.00. The lowest BCUT2D eigenvalue weighted by Crippen LogP contribution is -2.24. The molecule has 158 valence electrons. The van der Waals surface area contributed by atoms with E-state index >= 15 is 0 Å². The van der Waals surface area contributed by atoms with Crippen LogP contribution in [-0.2, 0) is 4.74 Å². The summed E-state index contributed by atoms with van der Waals surface area (Å²) in [5, 5.41) is 5.00. The highest BCUT2D eigenvalue weighted by molar-refractivity contribution is 6.05. The fraction of sp³-hybridized carbons (Fsp3) is 0.391. The van der Waals surface area contributed by atoms with Gasteiger partial charge in [-0.1, -0.05) is 13.8 Å². The third-order valence-electron chi connectivity index (χ3n) is 4.91. The van der Waals surface area contributed by atoms with Gasteiger partial charge in [0, 0.05) is 17.3 Å². The number of esters is 1. The number of nitrogens with zero attached hydrogens (tertiary/aromatic N) is 3. The van der Waals surface area contributed by atoms with Gasteiger partial charge in [-0.25, -0.2) is 14.5 Å². The molecule has 2 heterocycles. The van der Waals surface area contributed by atoms with Gasteiger partial charge in [0.1, 0.15) is 5.75 Å². The predicted molar refractivity (Wildman–Crippen MR) is 114 cm³/mol. The van der Waals surface area contributed by atoms with E-state index in [1.807, 2.05) is 27.7 Å². The number of benzene rings is 1. The minimum absolute atomic E-state index is 0.0943. The molecule has 2 aromatic heterocycles. The minimum atomic E-state index is -0.934. The van der Waals surface area contributed by atoms with E-state index in [-0.39, 0.29) is 17.7 Å². The highest BCUT2D eigenvalue weighted by Gasteiger charge is 2.24. The third-order valence-corrected chi connectivity index (χ3v) is 4.91. The summed E-state index contributed by atoms with van der Waals surface area (Å²) in [5.74, 6) is -0.0752. The number of Topliss-reactive ketones (excluding diaryl/α,β-unsaturated/α-hetero) is 1. The molecule has 7 nitrogen and oxygen atoms in total. The zero-order valence-corrected chi connectivity index (χ0v) is 18.2. The van der Waals surface area contributed by atoms with Crippen molar-refractivity contribution in [3.8, 4) is 5.75 Å². The molecule has 3 rings (SSSR count). The van der Waals surface area contributed by atoms with E-state index in [0.717, 1.165) is 5.69 Å². The van der Waals surface area contributed by atoms with Crippen molar-refractivity contribution in [3.05, 3.63) is 53.3 Å². The monoisotopic (exact) mass is 409 g/mol. The summed E-state index contributed by atoms with van der Waals surface area (Å²) in [5.41, 5.74) is 2.22. The number of rotatable bonds is 7. The quantitative estimate of drug-likeness (QED) is 0.420. The van der Waals surface area contributed by atoms with Gasteiger partial charge in [0.05, 0.1) is 24.3 Å². The van der Waals surface area contributed by atoms with Crippen molar-refractivity contribution < 1.29 is 19.1 Å². The summed E-state index contributed by atoms with van der Waals surface area (Å²) in [6, 6.07) is 8.52. The summed E-state index contributed by atoms with van der Waals surface area (Å²) >= 11 is 0. The summed E-state index contributed by atoms with van der Waals surface area (Å²) in [6.07, 6.45) is 0.690. The van der Waals surface area contributed by atoms with E-state index in [4.69, 9.17) is 14.5 Å². The number of carbonyl (C=O) groups excluding carboxylic acids is 2. The van der Waals surface area contributed by atoms with Gasteiger partial charge in [-0.3, -0.25) is 4.79 Å². The Morgan fingerprint density at radius 2 is 1.70 bits per heavy atom. The molecule has 0 bridgehead atoms. The fourth-order valence-electron chi connectivity index (χ4n) is 3.15. The molecule has 0 radical (unpaired) electrons. The van der Waals surface area contributed by atoms with E-state index in [1.54, 1.807) is 55.2 Å². The molecule has 0 saturated heterocycles. The average molecular weight is 409 g/mol. The Kier molecular flexibility index (Phi) is 6.20. The lowest BCUT2D eigenvalue weighted by molar-refractivity contribution is 0.0320. The zero-order valence-electron chi connectivity index (χ0n) is 18.2. The molecule has 0 N–H and O–H groups in total. The standard InChI is InChI=1S/C23H27N3O4/c1-13(2)20-11-18(19-12-24-26(14(3)4)22(19)25-20)23(28)30-15(5)21(27)16-7-9-17(29-6)10-8-16/h7-15H,1-6H3/t15-/m0/s1. The van der Waals surface area contributed by atoms with Crippen molar-refractivity contribution in [3.63, 3.8) is 0 Å². The summed E-state index contributed by atoms with van der Waals surface area (Å²) in [7, 11) is 1.56. The molecule has 0 aliphatic heterocycles. The van der Waals surface area contributed by atoms with Crippen LogP contribution in [0.3, 0.4) is 0 Å². The lowest BCUT2D eigenvalue weighted by atomic mass is 10.0. The second-order valence-electron chi connectivity index (χ2n) is 7.81. The maximum atomic E-state index is 13.0. The van der Waals surface area contributed by atoms with Crippen LogP contribution in [-0.4, -0.2) is 39.7 Å². The summed E-state index contributed by atoms with van der Waals surface area (Å²) in [6.45, 7) is 9.60. The van der Waals surface area contributed by atoms with Gasteiger partial charge in [-0.2, -0.15) is 5.10 Å². The number of hydrogen-bond acceptors (Lipinski definition) is 6. The number of methoxy groups -OCH3 is 1. The van der Waals surface area contributed by atoms with Crippen molar-refractivity contribution in [2.24, 2.45) is 0 Å². The molecule has 0 fully saturated rings. The summed E-state index contributed by atoms with van der Waals surface area (Å²) in [4.78, 5) is 30.4. The van der Waals surface area contributed by atoms with Crippen LogP contribution >= 0.6 is 0 Å². The van der Waals surface area contributed by atoms with Crippen LogP contribution in [0, 0.1) is 0 Å². The molecule has 3 aromatic rings. The zero-order chi connectivity index (χ0) is 22.0. The second kappa shape index (κ2) is 8.65. The van der Waals surface area contributed by atoms with E-state index in [2.05, 4.69) is 5.10 Å². The summed E-state index contributed by atoms with van der Waals surface area (Å²) < 4.78 is 12.4. The van der Waals surface area contributed by atoms with Crippen molar-refractivity contribution in [1.82, 2.24) is 14.8 Å². The molecular formula is C23H27N3O4. The number of fused-ring (bicyclic) bond motifs is 1. The maximum Gasteiger partial charge on any atom is 0.339 e. The highest BCUT2D eigenvalue weighted by atomic mass is 16.5. The maximum absolute atomic E-state index is 13.0. The van der Waals surface area contributed by atoms with E-state index < -0.39 is 12.1 Å². The number of ketones is 1. The van der Waals surface area contributed by atoms with Gasteiger partial charge in [-0.15, -0.1) is 0 Å². The van der Waals surface area contributed by atoms with Crippen LogP contribution in [0.2, 0.25) is 0 Å². The Bertz CT molecular complexity index is 1070. The molecule has 0 saturated carbocycles. The first-order chi connectivity index (χ1) is 14.2. The molecule has 30 heavy (non-hydrogen) atoms. The van der Waals surface area contributed by atoms with Crippen LogP contribution in [0.5, 0.6) is 5.75 Å². The Labute approximate surface area is 176 Å². The molecule has 1 atom stereocenters. The number of hydrogen-bond donors (Lipinski definition) is 0. The molecule has 7 heteroatoms. The number of carbonyl (C=O) groups is 2. The SMILES string of the molecule is COc1ccc(C(=O)[C@H](C)OC(=O)c2cc(C(C)C)nc3c2cnn3C(C)C)cc1. The third kappa shape index (κ3) is 4.20. The van der Waals surface area contributed by atoms with Gasteiger partial charge < -0.3 is 9.47 Å². The first-order valence-corrected chi connectivity index (χ1v) is 10.00. The van der Waals surface area contributed by atoms with Gasteiger partial charge in [0.15, 0.2) is 11.8 Å². The molecule has 0 aliphatic rings. The lowest BCUT2D eigenvalue weighted by Gasteiger charge is -2.15.